The lowest BCUT2D eigenvalue weighted by atomic mass is 9.77. The zero-order chi connectivity index (χ0) is 28.0. The minimum absolute atomic E-state index is 0.177. The largest absolute Gasteiger partial charge is 0.497 e. The predicted octanol–water partition coefficient (Wildman–Crippen LogP) is 2.16. The summed E-state index contributed by atoms with van der Waals surface area (Å²) in [6, 6.07) is 15.2. The monoisotopic (exact) mass is 543 g/mol. The number of hydrogen-bond acceptors (Lipinski definition) is 6. The maximum absolute atomic E-state index is 14.3. The van der Waals surface area contributed by atoms with Crippen LogP contribution in [-0.2, 0) is 25.7 Å². The third-order valence-electron chi connectivity index (χ3n) is 8.52. The summed E-state index contributed by atoms with van der Waals surface area (Å²) in [5.41, 5.74) is 0.295. The van der Waals surface area contributed by atoms with Crippen LogP contribution >= 0.6 is 0 Å². The number of carbonyl (C=O) groups excluding carboxylic acids is 3. The molecule has 2 aromatic rings. The van der Waals surface area contributed by atoms with Crippen molar-refractivity contribution in [1.29, 1.82) is 0 Å². The van der Waals surface area contributed by atoms with Crippen LogP contribution in [0.4, 0.5) is 5.69 Å². The van der Waals surface area contributed by atoms with E-state index < -0.39 is 35.6 Å². The van der Waals surface area contributed by atoms with Crippen LogP contribution in [0.1, 0.15) is 12.5 Å². The standard InChI is InChI=1S/C31H33N3O6/c1-20(19-35)34-27-30(38)33(22-11-13-23(39-2)14-12-22)17-7-15-31(27)26(29(34)37)25-24(40-31)10-6-16-32(28(25)36)18-21-8-4-3-5-9-21/h3-15,20,24-27,35H,16-19H2,1-2H3/t20-,24+,25-,26+,27?,31+/m1/s1. The number of aliphatic hydroxyl groups excluding tert-OH is 1. The molecule has 6 rings (SSSR count). The van der Waals surface area contributed by atoms with Crippen molar-refractivity contribution in [1.82, 2.24) is 9.80 Å². The van der Waals surface area contributed by atoms with E-state index in [-0.39, 0.29) is 30.9 Å². The molecule has 4 aliphatic rings. The van der Waals surface area contributed by atoms with E-state index in [9.17, 15) is 19.5 Å². The van der Waals surface area contributed by atoms with Crippen molar-refractivity contribution in [3.8, 4) is 5.75 Å². The summed E-state index contributed by atoms with van der Waals surface area (Å²) >= 11 is 0. The highest BCUT2D eigenvalue weighted by Gasteiger charge is 2.72. The second-order valence-corrected chi connectivity index (χ2v) is 10.8. The number of amides is 3. The number of likely N-dealkylation sites (tertiary alicyclic amines) is 1. The molecule has 2 saturated heterocycles. The molecule has 1 N–H and O–H groups in total. The third-order valence-corrected chi connectivity index (χ3v) is 8.52. The minimum atomic E-state index is -1.34. The molecule has 208 valence electrons. The first kappa shape index (κ1) is 26.3. The molecule has 4 heterocycles. The number of carbonyl (C=O) groups is 3. The van der Waals surface area contributed by atoms with Crippen molar-refractivity contribution >= 4 is 23.4 Å². The number of anilines is 1. The molecule has 3 amide bonds. The van der Waals surface area contributed by atoms with Gasteiger partial charge in [-0.2, -0.15) is 0 Å². The van der Waals surface area contributed by atoms with Gasteiger partial charge in [0, 0.05) is 25.3 Å². The quantitative estimate of drug-likeness (QED) is 0.561. The summed E-state index contributed by atoms with van der Waals surface area (Å²) in [6.45, 7) is 2.46. The predicted molar refractivity (Wildman–Crippen MR) is 147 cm³/mol. The fraction of sp³-hybridized carbons (Fsp3) is 0.387. The van der Waals surface area contributed by atoms with E-state index in [0.717, 1.165) is 5.56 Å². The Hall–Kier alpha value is -3.95. The van der Waals surface area contributed by atoms with Gasteiger partial charge < -0.3 is 29.3 Å². The van der Waals surface area contributed by atoms with Crippen molar-refractivity contribution in [2.75, 3.05) is 31.7 Å². The van der Waals surface area contributed by atoms with Crippen LogP contribution < -0.4 is 9.64 Å². The smallest absolute Gasteiger partial charge is 0.253 e. The van der Waals surface area contributed by atoms with Crippen LogP contribution in [0.2, 0.25) is 0 Å². The number of rotatable bonds is 6. The molecular formula is C31H33N3O6. The number of fused-ring (bicyclic) bond motifs is 2. The summed E-state index contributed by atoms with van der Waals surface area (Å²) in [5.74, 6) is -1.88. The number of aliphatic hydroxyl groups is 1. The molecule has 9 nitrogen and oxygen atoms in total. The van der Waals surface area contributed by atoms with Crippen LogP contribution in [0.3, 0.4) is 0 Å². The Morgan fingerprint density at radius 3 is 2.45 bits per heavy atom. The van der Waals surface area contributed by atoms with Gasteiger partial charge in [0.1, 0.15) is 17.4 Å². The minimum Gasteiger partial charge on any atom is -0.497 e. The van der Waals surface area contributed by atoms with Crippen LogP contribution in [0, 0.1) is 11.8 Å². The Labute approximate surface area is 233 Å². The molecule has 6 atom stereocenters. The van der Waals surface area contributed by atoms with Crippen LogP contribution in [0.25, 0.3) is 0 Å². The summed E-state index contributed by atoms with van der Waals surface area (Å²) in [5, 5.41) is 10.1. The first-order chi connectivity index (χ1) is 19.4. The van der Waals surface area contributed by atoms with Gasteiger partial charge in [-0.15, -0.1) is 0 Å². The average molecular weight is 544 g/mol. The molecule has 0 radical (unpaired) electrons. The van der Waals surface area contributed by atoms with E-state index in [0.29, 0.717) is 24.5 Å². The Kier molecular flexibility index (Phi) is 6.72. The molecular weight excluding hydrogens is 510 g/mol. The number of nitrogens with zero attached hydrogens (tertiary/aromatic N) is 3. The molecule has 0 aliphatic carbocycles. The van der Waals surface area contributed by atoms with E-state index in [1.807, 2.05) is 54.6 Å². The van der Waals surface area contributed by atoms with Crippen molar-refractivity contribution in [2.24, 2.45) is 11.8 Å². The van der Waals surface area contributed by atoms with Gasteiger partial charge in [-0.1, -0.05) is 54.6 Å². The molecule has 9 heteroatoms. The number of methoxy groups -OCH3 is 1. The fourth-order valence-corrected chi connectivity index (χ4v) is 6.63. The molecule has 0 bridgehead atoms. The fourth-order valence-electron chi connectivity index (χ4n) is 6.63. The van der Waals surface area contributed by atoms with Gasteiger partial charge in [-0.3, -0.25) is 14.4 Å². The van der Waals surface area contributed by atoms with Crippen molar-refractivity contribution < 1.29 is 29.0 Å². The van der Waals surface area contributed by atoms with E-state index in [2.05, 4.69) is 0 Å². The molecule has 40 heavy (non-hydrogen) atoms. The van der Waals surface area contributed by atoms with Gasteiger partial charge in [0.05, 0.1) is 37.7 Å². The van der Waals surface area contributed by atoms with Gasteiger partial charge in [0.25, 0.3) is 5.91 Å². The zero-order valence-electron chi connectivity index (χ0n) is 22.6. The van der Waals surface area contributed by atoms with Crippen molar-refractivity contribution in [2.45, 2.75) is 37.3 Å². The first-order valence-electron chi connectivity index (χ1n) is 13.6. The molecule has 2 aromatic carbocycles. The maximum atomic E-state index is 14.3. The SMILES string of the molecule is COc1ccc(N2CC=C[C@]34O[C@H]5C=CCN(Cc6ccccc6)C(=O)[C@H]5[C@H]3C(=O)N([C@H](C)CO)C4C2=O)cc1. The van der Waals surface area contributed by atoms with Crippen molar-refractivity contribution in [3.05, 3.63) is 84.5 Å². The van der Waals surface area contributed by atoms with Gasteiger partial charge in [-0.05, 0) is 36.8 Å². The summed E-state index contributed by atoms with van der Waals surface area (Å²) in [7, 11) is 1.58. The summed E-state index contributed by atoms with van der Waals surface area (Å²) < 4.78 is 11.9. The second-order valence-electron chi connectivity index (χ2n) is 10.8. The number of hydrogen-bond donors (Lipinski definition) is 1. The molecule has 0 aromatic heterocycles. The highest BCUT2D eigenvalue weighted by molar-refractivity contribution is 6.06. The highest BCUT2D eigenvalue weighted by Crippen LogP contribution is 2.54. The van der Waals surface area contributed by atoms with E-state index >= 15 is 0 Å². The average Bonchev–Trinajstić information content (AvgIpc) is 3.31. The van der Waals surface area contributed by atoms with E-state index in [4.69, 9.17) is 9.47 Å². The molecule has 2 fully saturated rings. The Morgan fingerprint density at radius 1 is 1.00 bits per heavy atom. The lowest BCUT2D eigenvalue weighted by molar-refractivity contribution is -0.146. The number of benzene rings is 2. The van der Waals surface area contributed by atoms with E-state index in [1.54, 1.807) is 48.1 Å². The first-order valence-corrected chi connectivity index (χ1v) is 13.6. The third kappa shape index (κ3) is 4.03. The Balaban J connectivity index is 1.40. The van der Waals surface area contributed by atoms with Gasteiger partial charge in [0.15, 0.2) is 0 Å². The molecule has 1 spiro atoms. The maximum Gasteiger partial charge on any atom is 0.253 e. The van der Waals surface area contributed by atoms with Crippen LogP contribution in [0.15, 0.2) is 78.9 Å². The van der Waals surface area contributed by atoms with Gasteiger partial charge in [-0.25, -0.2) is 0 Å². The van der Waals surface area contributed by atoms with Crippen LogP contribution in [-0.4, -0.2) is 83.2 Å². The summed E-state index contributed by atoms with van der Waals surface area (Å²) in [6.07, 6.45) is 6.76. The molecule has 4 aliphatic heterocycles. The van der Waals surface area contributed by atoms with Crippen molar-refractivity contribution in [3.63, 3.8) is 0 Å². The van der Waals surface area contributed by atoms with Gasteiger partial charge >= 0.3 is 0 Å². The lowest BCUT2D eigenvalue weighted by Crippen LogP contribution is -2.57. The highest BCUT2D eigenvalue weighted by atomic mass is 16.5. The van der Waals surface area contributed by atoms with E-state index in [1.165, 1.54) is 4.90 Å². The summed E-state index contributed by atoms with van der Waals surface area (Å²) in [4.78, 5) is 47.5. The second kappa shape index (κ2) is 10.2. The van der Waals surface area contributed by atoms with Crippen LogP contribution in [0.5, 0.6) is 5.75 Å². The lowest BCUT2D eigenvalue weighted by Gasteiger charge is -2.37. The Morgan fingerprint density at radius 2 is 1.75 bits per heavy atom. The molecule has 0 saturated carbocycles. The molecule has 1 unspecified atom stereocenters. The zero-order valence-corrected chi connectivity index (χ0v) is 22.6. The Bertz CT molecular complexity index is 1360. The number of ether oxygens (including phenoxy) is 2. The topological polar surface area (TPSA) is 99.6 Å². The normalized spacial score (nSPS) is 30.1. The van der Waals surface area contributed by atoms with Gasteiger partial charge in [0.2, 0.25) is 11.8 Å².